The second-order valence-electron chi connectivity index (χ2n) is 4.68. The number of ether oxygens (including phenoxy) is 1. The molecule has 0 bridgehead atoms. The maximum Gasteiger partial charge on any atom is 0.167 e. The van der Waals surface area contributed by atoms with Gasteiger partial charge in [-0.05, 0) is 31.5 Å². The summed E-state index contributed by atoms with van der Waals surface area (Å²) in [5.41, 5.74) is 0.940. The molecule has 4 heteroatoms. The van der Waals surface area contributed by atoms with Crippen LogP contribution in [0.5, 0.6) is 5.75 Å². The van der Waals surface area contributed by atoms with Gasteiger partial charge in [0.2, 0.25) is 0 Å². The van der Waals surface area contributed by atoms with E-state index in [1.807, 2.05) is 6.07 Å². The quantitative estimate of drug-likeness (QED) is 0.894. The normalized spacial score (nSPS) is 20.6. The summed E-state index contributed by atoms with van der Waals surface area (Å²) in [6.45, 7) is 5.11. The van der Waals surface area contributed by atoms with Gasteiger partial charge in [0.1, 0.15) is 0 Å². The van der Waals surface area contributed by atoms with Gasteiger partial charge < -0.3 is 15.0 Å². The Morgan fingerprint density at radius 1 is 1.50 bits per heavy atom. The van der Waals surface area contributed by atoms with Crippen LogP contribution in [-0.2, 0) is 0 Å². The highest BCUT2D eigenvalue weighted by Gasteiger charge is 2.17. The molecule has 0 aromatic heterocycles. The first-order valence-electron chi connectivity index (χ1n) is 6.56. The summed E-state index contributed by atoms with van der Waals surface area (Å²) in [5, 5.41) is 3.51. The molecule has 1 fully saturated rings. The van der Waals surface area contributed by atoms with E-state index in [1.165, 1.54) is 7.11 Å². The second kappa shape index (κ2) is 6.05. The minimum Gasteiger partial charge on any atom is -0.494 e. The SMILES string of the molecule is CCC1CN(c2ccc(OC)c(F)c2)CCCN1. The lowest BCUT2D eigenvalue weighted by Crippen LogP contribution is -2.37. The average Bonchev–Trinajstić information content (AvgIpc) is 2.64. The highest BCUT2D eigenvalue weighted by molar-refractivity contribution is 5.50. The molecule has 1 saturated heterocycles. The van der Waals surface area contributed by atoms with Crippen LogP contribution in [0, 0.1) is 5.82 Å². The minimum absolute atomic E-state index is 0.291. The zero-order valence-electron chi connectivity index (χ0n) is 11.1. The molecule has 0 spiro atoms. The van der Waals surface area contributed by atoms with Gasteiger partial charge in [-0.1, -0.05) is 6.92 Å². The standard InChI is InChI=1S/C14H21FN2O/c1-3-11-10-17(8-4-7-16-11)12-5-6-14(18-2)13(15)9-12/h5-6,9,11,16H,3-4,7-8,10H2,1-2H3. The molecule has 1 aliphatic rings. The highest BCUT2D eigenvalue weighted by atomic mass is 19.1. The molecule has 0 amide bonds. The van der Waals surface area contributed by atoms with Crippen molar-refractivity contribution in [1.29, 1.82) is 0 Å². The van der Waals surface area contributed by atoms with Gasteiger partial charge in [-0.2, -0.15) is 0 Å². The summed E-state index contributed by atoms with van der Waals surface area (Å²) >= 11 is 0. The molecule has 100 valence electrons. The third-order valence-electron chi connectivity index (χ3n) is 3.47. The summed E-state index contributed by atoms with van der Waals surface area (Å²) in [7, 11) is 1.49. The number of anilines is 1. The lowest BCUT2D eigenvalue weighted by atomic mass is 10.2. The maximum atomic E-state index is 13.7. The van der Waals surface area contributed by atoms with Crippen LogP contribution in [0.1, 0.15) is 19.8 Å². The van der Waals surface area contributed by atoms with Crippen molar-refractivity contribution >= 4 is 5.69 Å². The number of methoxy groups -OCH3 is 1. The highest BCUT2D eigenvalue weighted by Crippen LogP contribution is 2.24. The molecular weight excluding hydrogens is 231 g/mol. The molecule has 1 aromatic rings. The van der Waals surface area contributed by atoms with Crippen molar-refractivity contribution < 1.29 is 9.13 Å². The summed E-state index contributed by atoms with van der Waals surface area (Å²) in [4.78, 5) is 2.25. The zero-order chi connectivity index (χ0) is 13.0. The number of halogens is 1. The Morgan fingerprint density at radius 2 is 2.33 bits per heavy atom. The van der Waals surface area contributed by atoms with Crippen LogP contribution in [0.4, 0.5) is 10.1 Å². The molecule has 0 radical (unpaired) electrons. The van der Waals surface area contributed by atoms with E-state index in [9.17, 15) is 4.39 Å². The van der Waals surface area contributed by atoms with Crippen LogP contribution >= 0.6 is 0 Å². The van der Waals surface area contributed by atoms with Crippen molar-refractivity contribution in [2.24, 2.45) is 0 Å². The number of hydrogen-bond donors (Lipinski definition) is 1. The lowest BCUT2D eigenvalue weighted by Gasteiger charge is -2.26. The monoisotopic (exact) mass is 252 g/mol. The molecule has 1 aromatic carbocycles. The number of rotatable bonds is 3. The van der Waals surface area contributed by atoms with Crippen molar-refractivity contribution in [3.05, 3.63) is 24.0 Å². The molecule has 1 aliphatic heterocycles. The van der Waals surface area contributed by atoms with Gasteiger partial charge in [-0.25, -0.2) is 4.39 Å². The Hall–Kier alpha value is -1.29. The molecular formula is C14H21FN2O. The fraction of sp³-hybridized carbons (Fsp3) is 0.571. The lowest BCUT2D eigenvalue weighted by molar-refractivity contribution is 0.386. The third kappa shape index (κ3) is 2.93. The molecule has 1 atom stereocenters. The maximum absolute atomic E-state index is 13.7. The van der Waals surface area contributed by atoms with Crippen molar-refractivity contribution in [1.82, 2.24) is 5.32 Å². The van der Waals surface area contributed by atoms with Crippen molar-refractivity contribution in [3.63, 3.8) is 0 Å². The van der Waals surface area contributed by atoms with Gasteiger partial charge in [0.15, 0.2) is 11.6 Å². The first-order chi connectivity index (χ1) is 8.74. The van der Waals surface area contributed by atoms with Crippen molar-refractivity contribution in [3.8, 4) is 5.75 Å². The Kier molecular flexibility index (Phi) is 4.42. The number of hydrogen-bond acceptors (Lipinski definition) is 3. The van der Waals surface area contributed by atoms with Crippen LogP contribution < -0.4 is 15.0 Å². The predicted molar refractivity (Wildman–Crippen MR) is 71.9 cm³/mol. The van der Waals surface area contributed by atoms with E-state index < -0.39 is 0 Å². The van der Waals surface area contributed by atoms with Gasteiger partial charge in [-0.3, -0.25) is 0 Å². The number of nitrogens with zero attached hydrogens (tertiary/aromatic N) is 1. The topological polar surface area (TPSA) is 24.5 Å². The van der Waals surface area contributed by atoms with Crippen LogP contribution in [0.25, 0.3) is 0 Å². The zero-order valence-corrected chi connectivity index (χ0v) is 11.1. The van der Waals surface area contributed by atoms with E-state index in [1.54, 1.807) is 12.1 Å². The summed E-state index contributed by atoms with van der Waals surface area (Å²) in [5.74, 6) is 0.0130. The summed E-state index contributed by atoms with van der Waals surface area (Å²) < 4.78 is 18.7. The molecule has 1 N–H and O–H groups in total. The van der Waals surface area contributed by atoms with Crippen LogP contribution in [0.3, 0.4) is 0 Å². The smallest absolute Gasteiger partial charge is 0.167 e. The molecule has 0 aliphatic carbocycles. The van der Waals surface area contributed by atoms with Crippen LogP contribution in [-0.4, -0.2) is 32.8 Å². The fourth-order valence-corrected chi connectivity index (χ4v) is 2.36. The largest absolute Gasteiger partial charge is 0.494 e. The number of benzene rings is 1. The first-order valence-corrected chi connectivity index (χ1v) is 6.56. The predicted octanol–water partition coefficient (Wildman–Crippen LogP) is 2.41. The second-order valence-corrected chi connectivity index (χ2v) is 4.68. The van der Waals surface area contributed by atoms with Crippen LogP contribution in [0.2, 0.25) is 0 Å². The number of nitrogens with one attached hydrogen (secondary N) is 1. The average molecular weight is 252 g/mol. The van der Waals surface area contributed by atoms with Crippen molar-refractivity contribution in [2.75, 3.05) is 31.6 Å². The van der Waals surface area contributed by atoms with Gasteiger partial charge in [-0.15, -0.1) is 0 Å². The Labute approximate surface area is 108 Å². The van der Waals surface area contributed by atoms with E-state index in [-0.39, 0.29) is 5.82 Å². The van der Waals surface area contributed by atoms with Crippen LogP contribution in [0.15, 0.2) is 18.2 Å². The van der Waals surface area contributed by atoms with E-state index in [4.69, 9.17) is 4.74 Å². The Balaban J connectivity index is 2.16. The van der Waals surface area contributed by atoms with E-state index >= 15 is 0 Å². The van der Waals surface area contributed by atoms with E-state index in [0.29, 0.717) is 11.8 Å². The Bertz CT molecular complexity index is 397. The molecule has 1 heterocycles. The van der Waals surface area contributed by atoms with Gasteiger partial charge in [0.05, 0.1) is 7.11 Å². The van der Waals surface area contributed by atoms with Gasteiger partial charge in [0.25, 0.3) is 0 Å². The molecule has 0 saturated carbocycles. The van der Waals surface area contributed by atoms with Crippen molar-refractivity contribution in [2.45, 2.75) is 25.8 Å². The van der Waals surface area contributed by atoms with Gasteiger partial charge in [0, 0.05) is 30.9 Å². The first kappa shape index (κ1) is 13.1. The van der Waals surface area contributed by atoms with E-state index in [2.05, 4.69) is 17.1 Å². The molecule has 18 heavy (non-hydrogen) atoms. The summed E-state index contributed by atoms with van der Waals surface area (Å²) in [6.07, 6.45) is 2.18. The van der Waals surface area contributed by atoms with E-state index in [0.717, 1.165) is 38.2 Å². The molecule has 2 rings (SSSR count). The minimum atomic E-state index is -0.291. The third-order valence-corrected chi connectivity index (χ3v) is 3.47. The fourth-order valence-electron chi connectivity index (χ4n) is 2.36. The molecule has 1 unspecified atom stereocenters. The summed E-state index contributed by atoms with van der Waals surface area (Å²) in [6, 6.07) is 5.68. The molecule has 3 nitrogen and oxygen atoms in total. The Morgan fingerprint density at radius 3 is 3.00 bits per heavy atom. The van der Waals surface area contributed by atoms with Gasteiger partial charge >= 0.3 is 0 Å².